The fourth-order valence-electron chi connectivity index (χ4n) is 2.74. The molecule has 20 heavy (non-hydrogen) atoms. The number of thiophene rings is 1. The van der Waals surface area contributed by atoms with E-state index in [1.54, 1.807) is 11.3 Å². The highest BCUT2D eigenvalue weighted by Crippen LogP contribution is 2.30. The molecule has 2 aromatic rings. The molecule has 2 heterocycles. The van der Waals surface area contributed by atoms with Crippen molar-refractivity contribution in [3.05, 3.63) is 57.2 Å². The summed E-state index contributed by atoms with van der Waals surface area (Å²) in [4.78, 5) is 3.64. The Kier molecular flexibility index (Phi) is 5.47. The van der Waals surface area contributed by atoms with Gasteiger partial charge in [-0.05, 0) is 17.0 Å². The predicted octanol–water partition coefficient (Wildman–Crippen LogP) is 3.75. The third-order valence-electron chi connectivity index (χ3n) is 3.73. The van der Waals surface area contributed by atoms with E-state index in [9.17, 15) is 0 Å². The Bertz CT molecular complexity index is 544. The number of nitrogens with zero attached hydrogens (tertiary/aromatic N) is 1. The molecule has 0 bridgehead atoms. The largest absolute Gasteiger partial charge is 0.326 e. The van der Waals surface area contributed by atoms with Crippen LogP contribution in [-0.2, 0) is 6.54 Å². The van der Waals surface area contributed by atoms with Crippen molar-refractivity contribution in [1.29, 1.82) is 0 Å². The van der Waals surface area contributed by atoms with Crippen molar-refractivity contribution in [2.75, 3.05) is 13.1 Å². The molecule has 1 fully saturated rings. The van der Waals surface area contributed by atoms with Crippen LogP contribution in [0.5, 0.6) is 0 Å². The van der Waals surface area contributed by atoms with E-state index in [-0.39, 0.29) is 18.4 Å². The van der Waals surface area contributed by atoms with Crippen LogP contribution in [-0.4, -0.2) is 24.0 Å². The van der Waals surface area contributed by atoms with E-state index >= 15 is 0 Å². The Balaban J connectivity index is 0.00000147. The molecule has 1 aromatic heterocycles. The lowest BCUT2D eigenvalue weighted by Gasteiger charge is -2.15. The zero-order chi connectivity index (χ0) is 13.2. The summed E-state index contributed by atoms with van der Waals surface area (Å²) in [6, 6.07) is 12.7. The standard InChI is InChI=1S/C15H17ClN2S.ClH/c16-13-6-7-19-15(13)10-18-8-12(14(17)9-18)11-4-2-1-3-5-11;/h1-7,12,14H,8-10,17H2;1H/t12-,14+;/m0./s1. The van der Waals surface area contributed by atoms with Crippen LogP contribution in [0.25, 0.3) is 0 Å². The Hall–Kier alpha value is -0.580. The molecule has 2 nitrogen and oxygen atoms in total. The Labute approximate surface area is 135 Å². The minimum Gasteiger partial charge on any atom is -0.326 e. The molecule has 1 aliphatic rings. The zero-order valence-electron chi connectivity index (χ0n) is 11.0. The van der Waals surface area contributed by atoms with Crippen LogP contribution in [0.4, 0.5) is 0 Å². The maximum atomic E-state index is 6.30. The molecule has 1 aromatic carbocycles. The number of likely N-dealkylation sites (tertiary alicyclic amines) is 1. The maximum Gasteiger partial charge on any atom is 0.0558 e. The topological polar surface area (TPSA) is 29.3 Å². The van der Waals surface area contributed by atoms with E-state index in [0.29, 0.717) is 5.92 Å². The van der Waals surface area contributed by atoms with E-state index in [1.165, 1.54) is 10.4 Å². The van der Waals surface area contributed by atoms with Gasteiger partial charge in [0.25, 0.3) is 0 Å². The van der Waals surface area contributed by atoms with Gasteiger partial charge >= 0.3 is 0 Å². The summed E-state index contributed by atoms with van der Waals surface area (Å²) >= 11 is 7.88. The third kappa shape index (κ3) is 3.35. The van der Waals surface area contributed by atoms with Crippen LogP contribution in [0.15, 0.2) is 41.8 Å². The van der Waals surface area contributed by atoms with Crippen molar-refractivity contribution in [3.63, 3.8) is 0 Å². The number of hydrogen-bond donors (Lipinski definition) is 1. The van der Waals surface area contributed by atoms with Gasteiger partial charge in [-0.1, -0.05) is 41.9 Å². The van der Waals surface area contributed by atoms with Gasteiger partial charge in [0.2, 0.25) is 0 Å². The average Bonchev–Trinajstić information content (AvgIpc) is 2.98. The first-order valence-electron chi connectivity index (χ1n) is 6.49. The van der Waals surface area contributed by atoms with Gasteiger partial charge in [-0.25, -0.2) is 0 Å². The Morgan fingerprint density at radius 2 is 1.95 bits per heavy atom. The lowest BCUT2D eigenvalue weighted by molar-refractivity contribution is 0.327. The second-order valence-corrected chi connectivity index (χ2v) is 6.47. The molecule has 1 aliphatic heterocycles. The fourth-order valence-corrected chi connectivity index (χ4v) is 3.87. The molecule has 108 valence electrons. The summed E-state index contributed by atoms with van der Waals surface area (Å²) in [6.07, 6.45) is 0. The molecule has 0 amide bonds. The SMILES string of the molecule is Cl.N[C@@H]1CN(Cc2sccc2Cl)C[C@H]1c1ccccc1. The quantitative estimate of drug-likeness (QED) is 0.929. The van der Waals surface area contributed by atoms with E-state index in [1.807, 2.05) is 17.5 Å². The minimum absolute atomic E-state index is 0. The van der Waals surface area contributed by atoms with Gasteiger partial charge in [0.1, 0.15) is 0 Å². The van der Waals surface area contributed by atoms with Crippen molar-refractivity contribution in [1.82, 2.24) is 4.90 Å². The lowest BCUT2D eigenvalue weighted by Crippen LogP contribution is -2.28. The van der Waals surface area contributed by atoms with Crippen LogP contribution < -0.4 is 5.73 Å². The molecule has 2 atom stereocenters. The molecule has 1 saturated heterocycles. The van der Waals surface area contributed by atoms with E-state index in [4.69, 9.17) is 17.3 Å². The summed E-state index contributed by atoms with van der Waals surface area (Å²) < 4.78 is 0. The number of nitrogens with two attached hydrogens (primary N) is 1. The highest BCUT2D eigenvalue weighted by Gasteiger charge is 2.31. The molecule has 2 N–H and O–H groups in total. The first-order chi connectivity index (χ1) is 9.24. The molecular formula is C15H18Cl2N2S. The fraction of sp³-hybridized carbons (Fsp3) is 0.333. The first kappa shape index (κ1) is 15.8. The number of hydrogen-bond acceptors (Lipinski definition) is 3. The highest BCUT2D eigenvalue weighted by atomic mass is 35.5. The monoisotopic (exact) mass is 328 g/mol. The van der Waals surface area contributed by atoms with Gasteiger partial charge < -0.3 is 5.73 Å². The Morgan fingerprint density at radius 3 is 2.60 bits per heavy atom. The zero-order valence-corrected chi connectivity index (χ0v) is 13.4. The normalized spacial score (nSPS) is 22.7. The summed E-state index contributed by atoms with van der Waals surface area (Å²) in [5, 5.41) is 2.92. The third-order valence-corrected chi connectivity index (χ3v) is 5.10. The van der Waals surface area contributed by atoms with Gasteiger partial charge in [-0.2, -0.15) is 0 Å². The van der Waals surface area contributed by atoms with Gasteiger partial charge in [0, 0.05) is 36.5 Å². The summed E-state index contributed by atoms with van der Waals surface area (Å²) in [6.45, 7) is 2.86. The van der Waals surface area contributed by atoms with Crippen molar-refractivity contribution in [2.24, 2.45) is 5.73 Å². The van der Waals surface area contributed by atoms with Gasteiger partial charge in [0.05, 0.1) is 5.02 Å². The molecule has 3 rings (SSSR count). The molecule has 0 radical (unpaired) electrons. The highest BCUT2D eigenvalue weighted by molar-refractivity contribution is 7.10. The average molecular weight is 329 g/mol. The van der Waals surface area contributed by atoms with E-state index < -0.39 is 0 Å². The van der Waals surface area contributed by atoms with Crippen molar-refractivity contribution < 1.29 is 0 Å². The van der Waals surface area contributed by atoms with Crippen LogP contribution in [0.1, 0.15) is 16.4 Å². The summed E-state index contributed by atoms with van der Waals surface area (Å²) in [5.74, 6) is 0.430. The van der Waals surface area contributed by atoms with Crippen molar-refractivity contribution in [3.8, 4) is 0 Å². The summed E-state index contributed by atoms with van der Waals surface area (Å²) in [5.41, 5.74) is 7.64. The maximum absolute atomic E-state index is 6.30. The van der Waals surface area contributed by atoms with Crippen LogP contribution in [0, 0.1) is 0 Å². The second kappa shape index (κ2) is 6.92. The predicted molar refractivity (Wildman–Crippen MR) is 89.0 cm³/mol. The van der Waals surface area contributed by atoms with E-state index in [2.05, 4.69) is 29.2 Å². The second-order valence-electron chi connectivity index (χ2n) is 5.07. The lowest BCUT2D eigenvalue weighted by atomic mass is 9.95. The molecular weight excluding hydrogens is 311 g/mol. The van der Waals surface area contributed by atoms with Crippen molar-refractivity contribution in [2.45, 2.75) is 18.5 Å². The molecule has 0 spiro atoms. The number of benzene rings is 1. The number of halogens is 2. The number of rotatable bonds is 3. The van der Waals surface area contributed by atoms with Crippen LogP contribution in [0.3, 0.4) is 0 Å². The van der Waals surface area contributed by atoms with Gasteiger partial charge in [-0.15, -0.1) is 23.7 Å². The van der Waals surface area contributed by atoms with Gasteiger partial charge in [0.15, 0.2) is 0 Å². The van der Waals surface area contributed by atoms with Gasteiger partial charge in [-0.3, -0.25) is 4.90 Å². The van der Waals surface area contributed by atoms with E-state index in [0.717, 1.165) is 24.7 Å². The molecule has 0 aliphatic carbocycles. The molecule has 5 heteroatoms. The minimum atomic E-state index is 0. The van der Waals surface area contributed by atoms with Crippen LogP contribution >= 0.6 is 35.3 Å². The first-order valence-corrected chi connectivity index (χ1v) is 7.74. The smallest absolute Gasteiger partial charge is 0.0558 e. The van der Waals surface area contributed by atoms with Crippen molar-refractivity contribution >= 4 is 35.3 Å². The van der Waals surface area contributed by atoms with Crippen LogP contribution in [0.2, 0.25) is 5.02 Å². The molecule has 0 unspecified atom stereocenters. The summed E-state index contributed by atoms with van der Waals surface area (Å²) in [7, 11) is 0. The molecule has 0 saturated carbocycles. The Morgan fingerprint density at radius 1 is 1.20 bits per heavy atom.